The normalized spacial score (nSPS) is 11.2. The second-order valence-electron chi connectivity index (χ2n) is 2.99. The molecule has 0 radical (unpaired) electrons. The third-order valence-corrected chi connectivity index (χ3v) is 3.14. The smallest absolute Gasteiger partial charge is 0.285 e. The second kappa shape index (κ2) is 3.81. The fourth-order valence-electron chi connectivity index (χ4n) is 1.14. The zero-order chi connectivity index (χ0) is 11.6. The summed E-state index contributed by atoms with van der Waals surface area (Å²) in [5, 5.41) is 8.76. The minimum Gasteiger partial charge on any atom is -0.380 e. The van der Waals surface area contributed by atoms with E-state index in [0.29, 0.717) is 5.69 Å². The molecule has 0 saturated carbocycles. The Morgan fingerprint density at radius 3 is 2.44 bits per heavy atom. The molecule has 0 atom stereocenters. The van der Waals surface area contributed by atoms with Gasteiger partial charge in [-0.25, -0.2) is 0 Å². The Bertz CT molecular complexity index is 577. The Hall–Kier alpha value is -2.09. The number of nitrogen functional groups attached to an aromatic ring is 1. The van der Waals surface area contributed by atoms with E-state index in [2.05, 4.69) is 20.1 Å². The van der Waals surface area contributed by atoms with Gasteiger partial charge in [-0.15, -0.1) is 10.2 Å². The summed E-state index contributed by atoms with van der Waals surface area (Å²) in [7, 11) is -3.78. The Labute approximate surface area is 91.7 Å². The lowest BCUT2D eigenvalue weighted by atomic mass is 10.3. The first-order valence-electron chi connectivity index (χ1n) is 4.34. The molecule has 16 heavy (non-hydrogen) atoms. The van der Waals surface area contributed by atoms with Crippen LogP contribution in [0.4, 0.5) is 11.5 Å². The first-order valence-corrected chi connectivity index (χ1v) is 5.82. The van der Waals surface area contributed by atoms with Crippen LogP contribution in [0, 0.1) is 0 Å². The van der Waals surface area contributed by atoms with Crippen molar-refractivity contribution in [3.63, 3.8) is 0 Å². The topological polar surface area (TPSA) is 114 Å². The number of nitrogens with zero attached hydrogens (tertiary/aromatic N) is 2. The van der Waals surface area contributed by atoms with Crippen LogP contribution in [0.25, 0.3) is 0 Å². The van der Waals surface area contributed by atoms with Gasteiger partial charge in [0.05, 0.1) is 0 Å². The van der Waals surface area contributed by atoms with Crippen molar-refractivity contribution in [3.05, 3.63) is 30.3 Å². The number of para-hydroxylation sites is 1. The van der Waals surface area contributed by atoms with Crippen LogP contribution >= 0.6 is 0 Å². The number of sulfonamides is 1. The molecule has 1 aromatic heterocycles. The van der Waals surface area contributed by atoms with Crippen molar-refractivity contribution in [1.82, 2.24) is 15.4 Å². The van der Waals surface area contributed by atoms with E-state index in [9.17, 15) is 8.42 Å². The average molecular weight is 239 g/mol. The van der Waals surface area contributed by atoms with Gasteiger partial charge in [0.1, 0.15) is 0 Å². The van der Waals surface area contributed by atoms with Crippen LogP contribution < -0.4 is 10.5 Å². The van der Waals surface area contributed by atoms with E-state index in [1.165, 1.54) is 0 Å². The van der Waals surface area contributed by atoms with Crippen molar-refractivity contribution >= 4 is 21.5 Å². The van der Waals surface area contributed by atoms with Crippen LogP contribution in [0.3, 0.4) is 0 Å². The summed E-state index contributed by atoms with van der Waals surface area (Å²) < 4.78 is 25.9. The second-order valence-corrected chi connectivity index (χ2v) is 4.58. The Kier molecular flexibility index (Phi) is 2.49. The van der Waals surface area contributed by atoms with Crippen molar-refractivity contribution in [2.45, 2.75) is 5.03 Å². The number of aromatic amines is 1. The van der Waals surface area contributed by atoms with Crippen LogP contribution in [0.15, 0.2) is 35.4 Å². The number of hydrogen-bond donors (Lipinski definition) is 3. The van der Waals surface area contributed by atoms with E-state index in [1.807, 2.05) is 0 Å². The van der Waals surface area contributed by atoms with Gasteiger partial charge in [-0.3, -0.25) is 4.72 Å². The highest BCUT2D eigenvalue weighted by atomic mass is 32.2. The number of benzene rings is 1. The molecule has 0 aliphatic rings. The van der Waals surface area contributed by atoms with Gasteiger partial charge in [0.15, 0.2) is 5.82 Å². The zero-order valence-corrected chi connectivity index (χ0v) is 8.90. The molecule has 7 nitrogen and oxygen atoms in total. The molecule has 4 N–H and O–H groups in total. The van der Waals surface area contributed by atoms with Gasteiger partial charge in [0.2, 0.25) is 5.03 Å². The van der Waals surface area contributed by atoms with E-state index >= 15 is 0 Å². The minimum absolute atomic E-state index is 0.163. The lowest BCUT2D eigenvalue weighted by molar-refractivity contribution is 0.597. The first kappa shape index (κ1) is 10.4. The zero-order valence-electron chi connectivity index (χ0n) is 8.08. The summed E-state index contributed by atoms with van der Waals surface area (Å²) in [5.41, 5.74) is 5.79. The molecule has 0 amide bonds. The molecule has 0 aliphatic heterocycles. The Morgan fingerprint density at radius 2 is 1.88 bits per heavy atom. The number of nitrogens with one attached hydrogen (secondary N) is 2. The fraction of sp³-hybridized carbons (Fsp3) is 0. The third-order valence-electron chi connectivity index (χ3n) is 1.82. The minimum atomic E-state index is -3.78. The molecule has 0 fully saturated rings. The predicted molar refractivity (Wildman–Crippen MR) is 58.0 cm³/mol. The summed E-state index contributed by atoms with van der Waals surface area (Å²) in [5.74, 6) is -0.163. The molecule has 84 valence electrons. The first-order chi connectivity index (χ1) is 7.59. The average Bonchev–Trinajstić information content (AvgIpc) is 2.66. The lowest BCUT2D eigenvalue weighted by Crippen LogP contribution is -2.14. The standard InChI is InChI=1S/C8H9N5O2S/c9-7-8(11-13-10-7)16(14,15)12-6-4-2-1-3-5-6/h1-5,12H,(H3,9,10,11,13). The van der Waals surface area contributed by atoms with Gasteiger partial charge in [0.25, 0.3) is 10.0 Å². The molecule has 1 heterocycles. The van der Waals surface area contributed by atoms with Crippen LogP contribution in [0.5, 0.6) is 0 Å². The Morgan fingerprint density at radius 1 is 1.19 bits per heavy atom. The van der Waals surface area contributed by atoms with Crippen molar-refractivity contribution in [3.8, 4) is 0 Å². The van der Waals surface area contributed by atoms with Gasteiger partial charge >= 0.3 is 0 Å². The largest absolute Gasteiger partial charge is 0.380 e. The highest BCUT2D eigenvalue weighted by Crippen LogP contribution is 2.16. The maximum atomic E-state index is 11.8. The van der Waals surface area contributed by atoms with E-state index in [1.54, 1.807) is 30.3 Å². The molecule has 2 rings (SSSR count). The van der Waals surface area contributed by atoms with Gasteiger partial charge in [-0.2, -0.15) is 13.6 Å². The van der Waals surface area contributed by atoms with E-state index < -0.39 is 10.0 Å². The maximum absolute atomic E-state index is 11.8. The monoisotopic (exact) mass is 239 g/mol. The van der Waals surface area contributed by atoms with E-state index in [4.69, 9.17) is 5.73 Å². The molecule has 1 aromatic carbocycles. The van der Waals surface area contributed by atoms with Gasteiger partial charge < -0.3 is 5.73 Å². The molecule has 0 aliphatic carbocycles. The molecule has 0 saturated heterocycles. The van der Waals surface area contributed by atoms with Crippen molar-refractivity contribution < 1.29 is 8.42 Å². The lowest BCUT2D eigenvalue weighted by Gasteiger charge is -2.04. The summed E-state index contributed by atoms with van der Waals surface area (Å²) in [4.78, 5) is 0. The number of H-pyrrole nitrogens is 1. The highest BCUT2D eigenvalue weighted by Gasteiger charge is 2.21. The number of rotatable bonds is 3. The van der Waals surface area contributed by atoms with Crippen LogP contribution in [-0.2, 0) is 10.0 Å². The SMILES string of the molecule is Nc1n[nH]nc1S(=O)(=O)Nc1ccccc1. The predicted octanol–water partition coefficient (Wildman–Crippen LogP) is 0.188. The van der Waals surface area contributed by atoms with Crippen molar-refractivity contribution in [2.24, 2.45) is 0 Å². The van der Waals surface area contributed by atoms with Gasteiger partial charge in [-0.1, -0.05) is 18.2 Å². The van der Waals surface area contributed by atoms with Gasteiger partial charge in [0, 0.05) is 5.69 Å². The van der Waals surface area contributed by atoms with E-state index in [-0.39, 0.29) is 10.8 Å². The molecule has 0 spiro atoms. The molecule has 0 bridgehead atoms. The number of anilines is 2. The van der Waals surface area contributed by atoms with Crippen molar-refractivity contribution in [2.75, 3.05) is 10.5 Å². The van der Waals surface area contributed by atoms with Gasteiger partial charge in [-0.05, 0) is 12.1 Å². The summed E-state index contributed by atoms with van der Waals surface area (Å²) in [6.07, 6.45) is 0. The van der Waals surface area contributed by atoms with Crippen LogP contribution in [-0.4, -0.2) is 23.8 Å². The van der Waals surface area contributed by atoms with Crippen LogP contribution in [0.2, 0.25) is 0 Å². The molecule has 8 heteroatoms. The third kappa shape index (κ3) is 1.96. The fourth-order valence-corrected chi connectivity index (χ4v) is 2.16. The van der Waals surface area contributed by atoms with E-state index in [0.717, 1.165) is 0 Å². The highest BCUT2D eigenvalue weighted by molar-refractivity contribution is 7.92. The summed E-state index contributed by atoms with van der Waals surface area (Å²) in [6, 6.07) is 8.44. The molecular weight excluding hydrogens is 230 g/mol. The number of nitrogens with two attached hydrogens (primary N) is 1. The summed E-state index contributed by atoms with van der Waals surface area (Å²) >= 11 is 0. The Balaban J connectivity index is 2.32. The maximum Gasteiger partial charge on any atom is 0.285 e. The molecule has 2 aromatic rings. The quantitative estimate of drug-likeness (QED) is 0.707. The number of hydrogen-bond acceptors (Lipinski definition) is 5. The molecule has 0 unspecified atom stereocenters. The molecular formula is C8H9N5O2S. The summed E-state index contributed by atoms with van der Waals surface area (Å²) in [6.45, 7) is 0. The van der Waals surface area contributed by atoms with Crippen LogP contribution in [0.1, 0.15) is 0 Å². The number of aromatic nitrogens is 3. The van der Waals surface area contributed by atoms with Crippen molar-refractivity contribution in [1.29, 1.82) is 0 Å².